The molecule has 3 rings (SSSR count). The molecule has 0 radical (unpaired) electrons. The van der Waals surface area contributed by atoms with E-state index in [9.17, 15) is 0 Å². The van der Waals surface area contributed by atoms with Gasteiger partial charge in [0.1, 0.15) is 0 Å². The lowest BCUT2D eigenvalue weighted by molar-refractivity contribution is 0.301. The van der Waals surface area contributed by atoms with Crippen molar-refractivity contribution in [3.63, 3.8) is 0 Å². The van der Waals surface area contributed by atoms with E-state index in [4.69, 9.17) is 10.3 Å². The number of benzene rings is 1. The van der Waals surface area contributed by atoms with Crippen molar-refractivity contribution >= 4 is 15.9 Å². The fourth-order valence-electron chi connectivity index (χ4n) is 2.68. The Morgan fingerprint density at radius 3 is 2.70 bits per heavy atom. The van der Waals surface area contributed by atoms with Gasteiger partial charge < -0.3 is 10.3 Å². The van der Waals surface area contributed by atoms with Gasteiger partial charge in [0, 0.05) is 22.0 Å². The molecule has 1 aliphatic rings. The van der Waals surface area contributed by atoms with E-state index in [0.29, 0.717) is 17.8 Å². The van der Waals surface area contributed by atoms with E-state index in [2.05, 4.69) is 45.1 Å². The van der Waals surface area contributed by atoms with E-state index in [1.165, 1.54) is 5.56 Å². The molecule has 2 N–H and O–H groups in total. The van der Waals surface area contributed by atoms with E-state index in [1.807, 2.05) is 6.07 Å². The molecule has 106 valence electrons. The maximum atomic E-state index is 5.93. The molecule has 1 aliphatic carbocycles. The molecular formula is C15H18BrN3O. The third-order valence-electron chi connectivity index (χ3n) is 3.93. The van der Waals surface area contributed by atoms with Crippen LogP contribution >= 0.6 is 15.9 Å². The van der Waals surface area contributed by atoms with Gasteiger partial charge in [0.05, 0.1) is 0 Å². The first-order valence-corrected chi connectivity index (χ1v) is 7.78. The first-order chi connectivity index (χ1) is 9.63. The first-order valence-electron chi connectivity index (χ1n) is 6.99. The average molecular weight is 336 g/mol. The number of halogens is 1. The highest BCUT2D eigenvalue weighted by Crippen LogP contribution is 2.33. The molecule has 0 amide bonds. The van der Waals surface area contributed by atoms with Crippen LogP contribution in [0.15, 0.2) is 27.2 Å². The van der Waals surface area contributed by atoms with Crippen LogP contribution in [0, 0.1) is 6.92 Å². The number of nitrogens with two attached hydrogens (primary N) is 1. The van der Waals surface area contributed by atoms with Gasteiger partial charge >= 0.3 is 0 Å². The Labute approximate surface area is 126 Å². The van der Waals surface area contributed by atoms with Crippen molar-refractivity contribution in [1.29, 1.82) is 0 Å². The molecule has 0 bridgehead atoms. The molecule has 4 nitrogen and oxygen atoms in total. The summed E-state index contributed by atoms with van der Waals surface area (Å²) in [4.78, 5) is 4.57. The van der Waals surface area contributed by atoms with Gasteiger partial charge in [-0.25, -0.2) is 0 Å². The van der Waals surface area contributed by atoms with Crippen LogP contribution in [-0.4, -0.2) is 16.2 Å². The van der Waals surface area contributed by atoms with Gasteiger partial charge in [-0.3, -0.25) is 0 Å². The molecule has 1 saturated carbocycles. The molecule has 5 heteroatoms. The third-order valence-corrected chi connectivity index (χ3v) is 4.58. The Hall–Kier alpha value is -1.20. The first kappa shape index (κ1) is 13.8. The molecule has 0 atom stereocenters. The Kier molecular flexibility index (Phi) is 3.89. The summed E-state index contributed by atoms with van der Waals surface area (Å²) in [7, 11) is 0. The Morgan fingerprint density at radius 1 is 1.25 bits per heavy atom. The van der Waals surface area contributed by atoms with Gasteiger partial charge in [-0.15, -0.1) is 0 Å². The highest BCUT2D eigenvalue weighted by Gasteiger charge is 2.25. The molecule has 0 aliphatic heterocycles. The van der Waals surface area contributed by atoms with Crippen molar-refractivity contribution in [3.05, 3.63) is 34.1 Å². The number of aryl methyl sites for hydroxylation is 1. The molecule has 0 unspecified atom stereocenters. The van der Waals surface area contributed by atoms with Gasteiger partial charge in [0.25, 0.3) is 0 Å². The van der Waals surface area contributed by atoms with Gasteiger partial charge in [-0.1, -0.05) is 27.2 Å². The zero-order valence-corrected chi connectivity index (χ0v) is 13.1. The molecule has 0 spiro atoms. The minimum atomic E-state index is 0.333. The van der Waals surface area contributed by atoms with Crippen molar-refractivity contribution in [2.75, 3.05) is 0 Å². The van der Waals surface area contributed by atoms with E-state index in [-0.39, 0.29) is 0 Å². The summed E-state index contributed by atoms with van der Waals surface area (Å²) in [6.07, 6.45) is 4.16. The zero-order valence-electron chi connectivity index (χ0n) is 11.5. The van der Waals surface area contributed by atoms with Crippen molar-refractivity contribution in [1.82, 2.24) is 10.1 Å². The normalized spacial score (nSPS) is 22.9. The van der Waals surface area contributed by atoms with Crippen LogP contribution in [0.3, 0.4) is 0 Å². The number of aromatic nitrogens is 2. The lowest BCUT2D eigenvalue weighted by atomic mass is 9.86. The van der Waals surface area contributed by atoms with Crippen molar-refractivity contribution in [3.8, 4) is 11.4 Å². The summed E-state index contributed by atoms with van der Waals surface area (Å²) in [5, 5.41) is 4.12. The summed E-state index contributed by atoms with van der Waals surface area (Å²) >= 11 is 3.56. The lowest BCUT2D eigenvalue weighted by Gasteiger charge is -2.22. The fourth-order valence-corrected chi connectivity index (χ4v) is 3.35. The highest BCUT2D eigenvalue weighted by molar-refractivity contribution is 9.10. The summed E-state index contributed by atoms with van der Waals surface area (Å²) < 4.78 is 6.45. The van der Waals surface area contributed by atoms with Crippen LogP contribution in [0.4, 0.5) is 0 Å². The van der Waals surface area contributed by atoms with Crippen molar-refractivity contribution in [2.45, 2.75) is 44.6 Å². The zero-order chi connectivity index (χ0) is 14.1. The quantitative estimate of drug-likeness (QED) is 0.906. The number of rotatable bonds is 2. The Bertz CT molecular complexity index is 603. The summed E-state index contributed by atoms with van der Waals surface area (Å²) in [6.45, 7) is 2.06. The third kappa shape index (κ3) is 2.79. The standard InChI is InChI=1S/C15H18BrN3O/c1-9-2-7-12(13(16)8-9)14-18-15(20-19-14)10-3-5-11(17)6-4-10/h2,7-8,10-11H,3-6,17H2,1H3. The van der Waals surface area contributed by atoms with Gasteiger partial charge in [0.2, 0.25) is 11.7 Å². The van der Waals surface area contributed by atoms with Crippen LogP contribution in [0.25, 0.3) is 11.4 Å². The van der Waals surface area contributed by atoms with Crippen LogP contribution in [0.5, 0.6) is 0 Å². The van der Waals surface area contributed by atoms with Crippen LogP contribution in [0.2, 0.25) is 0 Å². The lowest BCUT2D eigenvalue weighted by Crippen LogP contribution is -2.25. The molecule has 20 heavy (non-hydrogen) atoms. The molecule has 2 aromatic rings. The van der Waals surface area contributed by atoms with Gasteiger partial charge in [0.15, 0.2) is 0 Å². The van der Waals surface area contributed by atoms with E-state index < -0.39 is 0 Å². The minimum absolute atomic E-state index is 0.333. The Morgan fingerprint density at radius 2 is 2.00 bits per heavy atom. The SMILES string of the molecule is Cc1ccc(-c2noc(C3CCC(N)CC3)n2)c(Br)c1. The molecule has 1 fully saturated rings. The van der Waals surface area contributed by atoms with Crippen molar-refractivity contribution in [2.24, 2.45) is 5.73 Å². The van der Waals surface area contributed by atoms with Crippen LogP contribution < -0.4 is 5.73 Å². The summed E-state index contributed by atoms with van der Waals surface area (Å²) in [5.41, 5.74) is 8.10. The summed E-state index contributed by atoms with van der Waals surface area (Å²) in [6, 6.07) is 6.46. The van der Waals surface area contributed by atoms with E-state index >= 15 is 0 Å². The smallest absolute Gasteiger partial charge is 0.230 e. The predicted octanol–water partition coefficient (Wildman–Crippen LogP) is 3.79. The monoisotopic (exact) mass is 335 g/mol. The molecule has 1 aromatic heterocycles. The second kappa shape index (κ2) is 5.66. The maximum absolute atomic E-state index is 5.93. The molecule has 0 saturated heterocycles. The predicted molar refractivity (Wildman–Crippen MR) is 81.4 cm³/mol. The van der Waals surface area contributed by atoms with Crippen LogP contribution in [-0.2, 0) is 0 Å². The Balaban J connectivity index is 1.83. The minimum Gasteiger partial charge on any atom is -0.339 e. The second-order valence-electron chi connectivity index (χ2n) is 5.55. The molecule has 1 heterocycles. The van der Waals surface area contributed by atoms with Crippen LogP contribution in [0.1, 0.15) is 43.1 Å². The van der Waals surface area contributed by atoms with Gasteiger partial charge in [-0.2, -0.15) is 4.98 Å². The van der Waals surface area contributed by atoms with Crippen molar-refractivity contribution < 1.29 is 4.52 Å². The fraction of sp³-hybridized carbons (Fsp3) is 0.467. The summed E-state index contributed by atoms with van der Waals surface area (Å²) in [5.74, 6) is 1.77. The average Bonchev–Trinajstić information content (AvgIpc) is 2.89. The van der Waals surface area contributed by atoms with E-state index in [0.717, 1.165) is 41.6 Å². The number of hydrogen-bond acceptors (Lipinski definition) is 4. The molecular weight excluding hydrogens is 318 g/mol. The largest absolute Gasteiger partial charge is 0.339 e. The number of nitrogens with zero attached hydrogens (tertiary/aromatic N) is 2. The highest BCUT2D eigenvalue weighted by atomic mass is 79.9. The molecule has 1 aromatic carbocycles. The topological polar surface area (TPSA) is 64.9 Å². The van der Waals surface area contributed by atoms with Gasteiger partial charge in [-0.05, 0) is 50.3 Å². The number of hydrogen-bond donors (Lipinski definition) is 1. The second-order valence-corrected chi connectivity index (χ2v) is 6.41. The van der Waals surface area contributed by atoms with E-state index in [1.54, 1.807) is 0 Å². The maximum Gasteiger partial charge on any atom is 0.230 e.